The maximum Gasteiger partial charge on any atom is 0.191 e. The minimum atomic E-state index is 0. The highest BCUT2D eigenvalue weighted by molar-refractivity contribution is 14.0. The Kier molecular flexibility index (Phi) is 10.8. The fourth-order valence-electron chi connectivity index (χ4n) is 2.07. The van der Waals surface area contributed by atoms with Gasteiger partial charge in [0.2, 0.25) is 0 Å². The molecule has 0 radical (unpaired) electrons. The number of rotatable bonds is 6. The van der Waals surface area contributed by atoms with Crippen LogP contribution in [0.4, 0.5) is 0 Å². The molecule has 108 valence electrons. The molecule has 0 unspecified atom stereocenters. The van der Waals surface area contributed by atoms with Crippen molar-refractivity contribution in [3.8, 4) is 0 Å². The standard InChI is InChI=1S/C13H27N3O.HI/c1-12-6-9-16(10-7-12)13(14)15-8-4-3-5-11-17-2;/h12H,3-11H2,1-2H3,(H2,14,15);1H. The van der Waals surface area contributed by atoms with Gasteiger partial charge >= 0.3 is 0 Å². The molecule has 0 spiro atoms. The van der Waals surface area contributed by atoms with E-state index in [4.69, 9.17) is 10.5 Å². The number of likely N-dealkylation sites (tertiary alicyclic amines) is 1. The van der Waals surface area contributed by atoms with Crippen molar-refractivity contribution >= 4 is 29.9 Å². The first kappa shape index (κ1) is 18.0. The first-order valence-corrected chi connectivity index (χ1v) is 6.78. The van der Waals surface area contributed by atoms with E-state index in [0.29, 0.717) is 0 Å². The van der Waals surface area contributed by atoms with E-state index in [-0.39, 0.29) is 24.0 Å². The van der Waals surface area contributed by atoms with Gasteiger partial charge in [-0.25, -0.2) is 0 Å². The Morgan fingerprint density at radius 3 is 2.56 bits per heavy atom. The quantitative estimate of drug-likeness (QED) is 0.339. The summed E-state index contributed by atoms with van der Waals surface area (Å²) in [6.07, 6.45) is 5.87. The molecule has 0 atom stereocenters. The molecule has 1 fully saturated rings. The molecule has 1 aliphatic heterocycles. The van der Waals surface area contributed by atoms with Crippen LogP contribution in [0.15, 0.2) is 4.99 Å². The highest BCUT2D eigenvalue weighted by atomic mass is 127. The molecule has 0 aromatic rings. The molecule has 1 rings (SSSR count). The summed E-state index contributed by atoms with van der Waals surface area (Å²) >= 11 is 0. The van der Waals surface area contributed by atoms with Crippen LogP contribution in [0.5, 0.6) is 0 Å². The Morgan fingerprint density at radius 2 is 1.94 bits per heavy atom. The molecule has 0 bridgehead atoms. The van der Waals surface area contributed by atoms with Gasteiger partial charge in [-0.15, -0.1) is 24.0 Å². The van der Waals surface area contributed by atoms with Crippen molar-refractivity contribution in [2.24, 2.45) is 16.6 Å². The number of hydrogen-bond donors (Lipinski definition) is 1. The van der Waals surface area contributed by atoms with Crippen molar-refractivity contribution in [3.05, 3.63) is 0 Å². The Labute approximate surface area is 128 Å². The lowest BCUT2D eigenvalue weighted by Gasteiger charge is -2.31. The van der Waals surface area contributed by atoms with E-state index < -0.39 is 0 Å². The lowest BCUT2D eigenvalue weighted by molar-refractivity contribution is 0.192. The van der Waals surface area contributed by atoms with Crippen LogP contribution in [0.25, 0.3) is 0 Å². The minimum absolute atomic E-state index is 0. The van der Waals surface area contributed by atoms with E-state index in [1.54, 1.807) is 7.11 Å². The maximum atomic E-state index is 5.99. The fraction of sp³-hybridized carbons (Fsp3) is 0.923. The molecule has 0 aliphatic carbocycles. The third-order valence-electron chi connectivity index (χ3n) is 3.39. The van der Waals surface area contributed by atoms with Crippen LogP contribution in [0.2, 0.25) is 0 Å². The van der Waals surface area contributed by atoms with Crippen LogP contribution in [0.3, 0.4) is 0 Å². The predicted molar refractivity (Wildman–Crippen MR) is 87.6 cm³/mol. The normalized spacial score (nSPS) is 17.7. The van der Waals surface area contributed by atoms with Crippen LogP contribution in [0.1, 0.15) is 39.0 Å². The molecular weight excluding hydrogens is 341 g/mol. The molecular formula is C13H28IN3O. The van der Waals surface area contributed by atoms with Crippen molar-refractivity contribution in [3.63, 3.8) is 0 Å². The molecule has 0 aromatic heterocycles. The number of methoxy groups -OCH3 is 1. The second-order valence-electron chi connectivity index (χ2n) is 4.96. The summed E-state index contributed by atoms with van der Waals surface area (Å²) in [4.78, 5) is 6.67. The fourth-order valence-corrected chi connectivity index (χ4v) is 2.07. The first-order valence-electron chi connectivity index (χ1n) is 6.78. The lowest BCUT2D eigenvalue weighted by Crippen LogP contribution is -2.42. The molecule has 18 heavy (non-hydrogen) atoms. The van der Waals surface area contributed by atoms with E-state index in [9.17, 15) is 0 Å². The Balaban J connectivity index is 0.00000289. The third kappa shape index (κ3) is 7.41. The molecule has 0 aromatic carbocycles. The Bertz CT molecular complexity index is 228. The van der Waals surface area contributed by atoms with Crippen molar-refractivity contribution in [2.45, 2.75) is 39.0 Å². The number of ether oxygens (including phenoxy) is 1. The summed E-state index contributed by atoms with van der Waals surface area (Å²) in [5.41, 5.74) is 5.99. The van der Waals surface area contributed by atoms with Crippen molar-refractivity contribution in [2.75, 3.05) is 33.4 Å². The number of piperidine rings is 1. The van der Waals surface area contributed by atoms with Gasteiger partial charge in [0.05, 0.1) is 0 Å². The molecule has 0 saturated carbocycles. The van der Waals surface area contributed by atoms with Gasteiger partial charge < -0.3 is 15.4 Å². The molecule has 1 heterocycles. The summed E-state index contributed by atoms with van der Waals surface area (Å²) in [7, 11) is 1.74. The van der Waals surface area contributed by atoms with Gasteiger partial charge in [-0.2, -0.15) is 0 Å². The summed E-state index contributed by atoms with van der Waals surface area (Å²) in [5, 5.41) is 0. The number of nitrogens with two attached hydrogens (primary N) is 1. The van der Waals surface area contributed by atoms with E-state index in [1.165, 1.54) is 19.3 Å². The lowest BCUT2D eigenvalue weighted by atomic mass is 10.00. The molecule has 2 N–H and O–H groups in total. The van der Waals surface area contributed by atoms with Crippen LogP contribution >= 0.6 is 24.0 Å². The predicted octanol–water partition coefficient (Wildman–Crippen LogP) is 2.47. The maximum absolute atomic E-state index is 5.99. The summed E-state index contributed by atoms with van der Waals surface area (Å²) < 4.78 is 5.01. The van der Waals surface area contributed by atoms with E-state index in [1.807, 2.05) is 0 Å². The Hall–Kier alpha value is -0.0400. The zero-order valence-corrected chi connectivity index (χ0v) is 14.1. The topological polar surface area (TPSA) is 50.9 Å². The van der Waals surface area contributed by atoms with Gasteiger partial charge in [0.1, 0.15) is 0 Å². The van der Waals surface area contributed by atoms with Gasteiger partial charge in [-0.05, 0) is 38.0 Å². The Morgan fingerprint density at radius 1 is 1.28 bits per heavy atom. The van der Waals surface area contributed by atoms with E-state index in [2.05, 4.69) is 16.8 Å². The number of nitrogens with zero attached hydrogens (tertiary/aromatic N) is 2. The highest BCUT2D eigenvalue weighted by Crippen LogP contribution is 2.15. The van der Waals surface area contributed by atoms with E-state index >= 15 is 0 Å². The second kappa shape index (κ2) is 10.8. The average molecular weight is 369 g/mol. The highest BCUT2D eigenvalue weighted by Gasteiger charge is 2.16. The van der Waals surface area contributed by atoms with Crippen molar-refractivity contribution in [1.82, 2.24) is 4.90 Å². The zero-order chi connectivity index (χ0) is 12.5. The largest absolute Gasteiger partial charge is 0.385 e. The number of halogens is 1. The summed E-state index contributed by atoms with van der Waals surface area (Å²) in [6.45, 7) is 6.14. The van der Waals surface area contributed by atoms with E-state index in [0.717, 1.165) is 51.0 Å². The molecule has 1 aliphatic rings. The van der Waals surface area contributed by atoms with Crippen molar-refractivity contribution in [1.29, 1.82) is 0 Å². The monoisotopic (exact) mass is 369 g/mol. The van der Waals surface area contributed by atoms with Crippen molar-refractivity contribution < 1.29 is 4.74 Å². The molecule has 1 saturated heterocycles. The second-order valence-corrected chi connectivity index (χ2v) is 4.96. The minimum Gasteiger partial charge on any atom is -0.385 e. The third-order valence-corrected chi connectivity index (χ3v) is 3.39. The molecule has 5 heteroatoms. The number of unbranched alkanes of at least 4 members (excludes halogenated alkanes) is 2. The van der Waals surface area contributed by atoms with Crippen LogP contribution in [-0.2, 0) is 4.74 Å². The van der Waals surface area contributed by atoms with Crippen LogP contribution in [-0.4, -0.2) is 44.2 Å². The van der Waals surface area contributed by atoms with Gasteiger partial charge in [-0.3, -0.25) is 4.99 Å². The zero-order valence-electron chi connectivity index (χ0n) is 11.7. The smallest absolute Gasteiger partial charge is 0.191 e. The molecule has 4 nitrogen and oxygen atoms in total. The number of guanidine groups is 1. The first-order chi connectivity index (χ1) is 8.24. The summed E-state index contributed by atoms with van der Waals surface area (Å²) in [6, 6.07) is 0. The SMILES string of the molecule is COCCCCCN=C(N)N1CCC(C)CC1.I. The number of aliphatic imine (C=N–C) groups is 1. The van der Waals surface area contributed by atoms with Crippen LogP contribution < -0.4 is 5.73 Å². The number of hydrogen-bond acceptors (Lipinski definition) is 2. The van der Waals surface area contributed by atoms with Gasteiger partial charge in [-0.1, -0.05) is 6.92 Å². The summed E-state index contributed by atoms with van der Waals surface area (Å²) in [5.74, 6) is 1.58. The average Bonchev–Trinajstić information content (AvgIpc) is 2.34. The van der Waals surface area contributed by atoms with Gasteiger partial charge in [0, 0.05) is 33.4 Å². The molecule has 0 amide bonds. The van der Waals surface area contributed by atoms with Gasteiger partial charge in [0.15, 0.2) is 5.96 Å². The van der Waals surface area contributed by atoms with Gasteiger partial charge in [0.25, 0.3) is 0 Å². The van der Waals surface area contributed by atoms with Crippen LogP contribution in [0, 0.1) is 5.92 Å².